The average Bonchev–Trinajstić information content (AvgIpc) is 2.90. The number of rotatable bonds is 3. The molecule has 0 saturated heterocycles. The highest BCUT2D eigenvalue weighted by Gasteiger charge is 2.22. The van der Waals surface area contributed by atoms with Crippen LogP contribution in [0.4, 0.5) is 10.5 Å². The molecule has 2 N–H and O–H groups in total. The Kier molecular flexibility index (Phi) is 4.87. The van der Waals surface area contributed by atoms with Crippen molar-refractivity contribution in [3.63, 3.8) is 0 Å². The van der Waals surface area contributed by atoms with Crippen LogP contribution in [0.3, 0.4) is 0 Å². The fourth-order valence-electron chi connectivity index (χ4n) is 2.70. The molecule has 0 fully saturated rings. The van der Waals surface area contributed by atoms with E-state index in [2.05, 4.69) is 15.7 Å². The van der Waals surface area contributed by atoms with E-state index in [-0.39, 0.29) is 11.9 Å². The van der Waals surface area contributed by atoms with Gasteiger partial charge in [0, 0.05) is 37.6 Å². The van der Waals surface area contributed by atoms with Crippen molar-refractivity contribution in [2.45, 2.75) is 13.5 Å². The fourth-order valence-corrected chi connectivity index (χ4v) is 2.70. The molecule has 132 valence electrons. The van der Waals surface area contributed by atoms with Crippen molar-refractivity contribution in [1.82, 2.24) is 20.0 Å². The van der Waals surface area contributed by atoms with Gasteiger partial charge in [0.2, 0.25) is 0 Å². The van der Waals surface area contributed by atoms with Gasteiger partial charge in [0.05, 0.1) is 18.3 Å². The molecule has 0 spiro atoms. The third-order valence-electron chi connectivity index (χ3n) is 3.87. The number of nitrogens with one attached hydrogen (secondary N) is 2. The van der Waals surface area contributed by atoms with Crippen LogP contribution in [0, 0.1) is 0 Å². The van der Waals surface area contributed by atoms with E-state index < -0.39 is 0 Å². The first-order valence-corrected chi connectivity index (χ1v) is 8.15. The number of hydrogen-bond acceptors (Lipinski definition) is 4. The summed E-state index contributed by atoms with van der Waals surface area (Å²) in [5.74, 6) is 0.634. The number of carbonyl (C=O) groups excluding carboxylic acids is 2. The van der Waals surface area contributed by atoms with E-state index in [1.165, 1.54) is 0 Å². The maximum absolute atomic E-state index is 12.7. The molecule has 0 atom stereocenters. The average molecular weight is 343 g/mol. The van der Waals surface area contributed by atoms with E-state index in [1.807, 2.05) is 19.1 Å². The first kappa shape index (κ1) is 16.8. The van der Waals surface area contributed by atoms with Gasteiger partial charge < -0.3 is 20.3 Å². The summed E-state index contributed by atoms with van der Waals surface area (Å²) in [5.41, 5.74) is 2.05. The number of benzene rings is 1. The Balaban J connectivity index is 1.78. The lowest BCUT2D eigenvalue weighted by atomic mass is 10.1. The van der Waals surface area contributed by atoms with Crippen molar-refractivity contribution >= 4 is 17.6 Å². The van der Waals surface area contributed by atoms with E-state index >= 15 is 0 Å². The van der Waals surface area contributed by atoms with Gasteiger partial charge in [-0.3, -0.25) is 9.48 Å². The second-order valence-corrected chi connectivity index (χ2v) is 5.78. The number of fused-ring (bicyclic) bond motifs is 1. The molecule has 3 amide bonds. The summed E-state index contributed by atoms with van der Waals surface area (Å²) in [5, 5.41) is 9.50. The molecule has 1 aromatic heterocycles. The number of amides is 3. The molecule has 1 aliphatic heterocycles. The molecule has 2 aromatic rings. The predicted molar refractivity (Wildman–Crippen MR) is 92.6 cm³/mol. The van der Waals surface area contributed by atoms with Crippen LogP contribution in [0.15, 0.2) is 30.6 Å². The van der Waals surface area contributed by atoms with Gasteiger partial charge in [0.15, 0.2) is 0 Å². The van der Waals surface area contributed by atoms with Crippen LogP contribution in [0.1, 0.15) is 22.8 Å². The summed E-state index contributed by atoms with van der Waals surface area (Å²) >= 11 is 0. The molecular weight excluding hydrogens is 322 g/mol. The van der Waals surface area contributed by atoms with E-state index in [1.54, 1.807) is 35.1 Å². The molecule has 8 heteroatoms. The lowest BCUT2D eigenvalue weighted by Gasteiger charge is -2.19. The Bertz CT molecular complexity index is 786. The zero-order valence-electron chi connectivity index (χ0n) is 14.3. The molecular formula is C17H21N5O3. The van der Waals surface area contributed by atoms with E-state index in [9.17, 15) is 9.59 Å². The molecule has 25 heavy (non-hydrogen) atoms. The molecule has 0 radical (unpaired) electrons. The number of nitrogens with zero attached hydrogens (tertiary/aromatic N) is 3. The molecule has 0 unspecified atom stereocenters. The Morgan fingerprint density at radius 2 is 2.20 bits per heavy atom. The van der Waals surface area contributed by atoms with Crippen molar-refractivity contribution in [3.05, 3.63) is 41.7 Å². The SMILES string of the molecule is CCNC(=O)Nc1ccc2c(c1)CN(C(=O)c1cnn(C)c1)CCO2. The molecule has 2 heterocycles. The lowest BCUT2D eigenvalue weighted by Crippen LogP contribution is -2.32. The Morgan fingerprint density at radius 3 is 2.92 bits per heavy atom. The van der Waals surface area contributed by atoms with Crippen LogP contribution in [-0.4, -0.2) is 46.3 Å². The fraction of sp³-hybridized carbons (Fsp3) is 0.353. The largest absolute Gasteiger partial charge is 0.491 e. The number of hydrogen-bond donors (Lipinski definition) is 2. The van der Waals surface area contributed by atoms with Crippen molar-refractivity contribution in [1.29, 1.82) is 0 Å². The summed E-state index contributed by atoms with van der Waals surface area (Å²) in [6, 6.07) is 5.17. The second-order valence-electron chi connectivity index (χ2n) is 5.78. The highest BCUT2D eigenvalue weighted by atomic mass is 16.5. The molecule has 1 aromatic carbocycles. The van der Waals surface area contributed by atoms with Gasteiger partial charge in [0.25, 0.3) is 5.91 Å². The maximum Gasteiger partial charge on any atom is 0.319 e. The van der Waals surface area contributed by atoms with Crippen LogP contribution in [0.5, 0.6) is 5.75 Å². The van der Waals surface area contributed by atoms with Crippen molar-refractivity contribution < 1.29 is 14.3 Å². The van der Waals surface area contributed by atoms with Gasteiger partial charge >= 0.3 is 6.03 Å². The molecule has 0 aliphatic carbocycles. The van der Waals surface area contributed by atoms with Crippen molar-refractivity contribution in [3.8, 4) is 5.75 Å². The molecule has 3 rings (SSSR count). The summed E-state index contributed by atoms with van der Waals surface area (Å²) in [4.78, 5) is 26.1. The molecule has 0 saturated carbocycles. The molecule has 1 aliphatic rings. The van der Waals surface area contributed by atoms with Gasteiger partial charge in [-0.1, -0.05) is 0 Å². The van der Waals surface area contributed by atoms with Crippen LogP contribution >= 0.6 is 0 Å². The number of carbonyl (C=O) groups is 2. The Hall–Kier alpha value is -3.03. The topological polar surface area (TPSA) is 88.5 Å². The normalized spacial score (nSPS) is 13.4. The number of aryl methyl sites for hydroxylation is 1. The zero-order chi connectivity index (χ0) is 17.8. The maximum atomic E-state index is 12.7. The minimum atomic E-state index is -0.264. The first-order chi connectivity index (χ1) is 12.1. The monoisotopic (exact) mass is 343 g/mol. The Labute approximate surface area is 145 Å². The van der Waals surface area contributed by atoms with Crippen LogP contribution in [0.2, 0.25) is 0 Å². The number of aromatic nitrogens is 2. The van der Waals surface area contributed by atoms with Crippen molar-refractivity contribution in [2.24, 2.45) is 7.05 Å². The smallest absolute Gasteiger partial charge is 0.319 e. The quantitative estimate of drug-likeness (QED) is 0.886. The molecule has 8 nitrogen and oxygen atoms in total. The van der Waals surface area contributed by atoms with Gasteiger partial charge in [-0.25, -0.2) is 4.79 Å². The second kappa shape index (κ2) is 7.25. The highest BCUT2D eigenvalue weighted by molar-refractivity contribution is 5.94. The predicted octanol–water partition coefficient (Wildman–Crippen LogP) is 1.60. The van der Waals surface area contributed by atoms with Gasteiger partial charge in [-0.2, -0.15) is 5.10 Å². The summed E-state index contributed by atoms with van der Waals surface area (Å²) in [7, 11) is 1.77. The van der Waals surface area contributed by atoms with E-state index in [0.29, 0.717) is 37.5 Å². The number of urea groups is 1. The van der Waals surface area contributed by atoms with Crippen LogP contribution < -0.4 is 15.4 Å². The third-order valence-corrected chi connectivity index (χ3v) is 3.87. The van der Waals surface area contributed by atoms with Gasteiger partial charge in [-0.05, 0) is 25.1 Å². The van der Waals surface area contributed by atoms with Crippen LogP contribution in [0.25, 0.3) is 0 Å². The minimum absolute atomic E-state index is 0.0911. The standard InChI is InChI=1S/C17H21N5O3/c1-3-18-17(24)20-14-4-5-15-12(8-14)11-22(6-7-25-15)16(23)13-9-19-21(2)10-13/h4-5,8-10H,3,6-7,11H2,1-2H3,(H2,18,20,24). The summed E-state index contributed by atoms with van der Waals surface area (Å²) in [6.45, 7) is 3.72. The van der Waals surface area contributed by atoms with Crippen LogP contribution in [-0.2, 0) is 13.6 Å². The highest BCUT2D eigenvalue weighted by Crippen LogP contribution is 2.27. The first-order valence-electron chi connectivity index (χ1n) is 8.15. The van der Waals surface area contributed by atoms with Crippen molar-refractivity contribution in [2.75, 3.05) is 25.0 Å². The minimum Gasteiger partial charge on any atom is -0.491 e. The Morgan fingerprint density at radius 1 is 1.36 bits per heavy atom. The van der Waals surface area contributed by atoms with Gasteiger partial charge in [-0.15, -0.1) is 0 Å². The zero-order valence-corrected chi connectivity index (χ0v) is 14.3. The number of ether oxygens (including phenoxy) is 1. The molecule has 0 bridgehead atoms. The summed E-state index contributed by atoms with van der Waals surface area (Å²) in [6.07, 6.45) is 3.25. The number of anilines is 1. The third kappa shape index (κ3) is 3.90. The van der Waals surface area contributed by atoms with E-state index in [0.717, 1.165) is 11.3 Å². The summed E-state index contributed by atoms with van der Waals surface area (Å²) < 4.78 is 7.34. The van der Waals surface area contributed by atoms with Gasteiger partial charge in [0.1, 0.15) is 12.4 Å². The lowest BCUT2D eigenvalue weighted by molar-refractivity contribution is 0.0733. The van der Waals surface area contributed by atoms with E-state index in [4.69, 9.17) is 4.74 Å².